The van der Waals surface area contributed by atoms with E-state index in [1.165, 1.54) is 0 Å². The average molecular weight is 117 g/mol. The Morgan fingerprint density at radius 1 is 1.71 bits per heavy atom. The molecular formula is C2H6N4P+. The third-order valence-electron chi connectivity index (χ3n) is 0.640. The Morgan fingerprint density at radius 3 is 2.86 bits per heavy atom. The van der Waals surface area contributed by atoms with Gasteiger partial charge in [0.2, 0.25) is 0 Å². The zero-order valence-electron chi connectivity index (χ0n) is 3.92. The second-order valence-corrected chi connectivity index (χ2v) is 2.08. The Bertz CT molecular complexity index is 117. The van der Waals surface area contributed by atoms with E-state index in [0.717, 1.165) is 14.2 Å². The van der Waals surface area contributed by atoms with Crippen molar-refractivity contribution in [3.05, 3.63) is 0 Å². The van der Waals surface area contributed by atoms with Crippen molar-refractivity contribution >= 4 is 14.2 Å². The maximum absolute atomic E-state index is 3.69. The number of amidine groups is 1. The quantitative estimate of drug-likeness (QED) is 0.356. The van der Waals surface area contributed by atoms with Gasteiger partial charge in [0, 0.05) is 5.22 Å². The number of rotatable bonds is 1. The number of quaternary nitrogens is 1. The predicted octanol–water partition coefficient (Wildman–Crippen LogP) is -0.490. The highest BCUT2D eigenvalue weighted by molar-refractivity contribution is 7.56. The first-order valence-electron chi connectivity index (χ1n) is 1.92. The number of hydrogen-bond donors (Lipinski definition) is 1. The molecule has 1 unspecified atom stereocenters. The zero-order valence-corrected chi connectivity index (χ0v) is 4.92. The molecule has 1 heterocycles. The van der Waals surface area contributed by atoms with Crippen molar-refractivity contribution in [2.24, 2.45) is 15.5 Å². The molecule has 0 aliphatic carbocycles. The highest BCUT2D eigenvalue weighted by Gasteiger charge is 2.02. The summed E-state index contributed by atoms with van der Waals surface area (Å²) in [7, 11) is 0.718. The minimum Gasteiger partial charge on any atom is -0.150 e. The SMILES string of the molecule is CPC1=NN=N[NH2+]1. The van der Waals surface area contributed by atoms with Crippen LogP contribution in [0.25, 0.3) is 0 Å². The molecule has 7 heavy (non-hydrogen) atoms. The minimum atomic E-state index is 0.718. The molecule has 0 fully saturated rings. The minimum absolute atomic E-state index is 0.718. The fraction of sp³-hybridized carbons (Fsp3) is 0.500. The molecule has 1 aliphatic heterocycles. The van der Waals surface area contributed by atoms with Crippen LogP contribution in [-0.2, 0) is 0 Å². The van der Waals surface area contributed by atoms with Gasteiger partial charge in [0.1, 0.15) is 0 Å². The zero-order chi connectivity index (χ0) is 5.11. The summed E-state index contributed by atoms with van der Waals surface area (Å²) in [6.07, 6.45) is 0. The van der Waals surface area contributed by atoms with Crippen LogP contribution in [0.5, 0.6) is 0 Å². The Hall–Kier alpha value is -0.340. The Labute approximate surface area is 42.8 Å². The standard InChI is InChI=1S/C2H5N4P/c1-7-2-3-5-6-4-2/h7H,1H3,(H,3,4,5,6)/p+1. The summed E-state index contributed by atoms with van der Waals surface area (Å²) in [5, 5.41) is 10.6. The van der Waals surface area contributed by atoms with E-state index in [0.29, 0.717) is 0 Å². The molecule has 0 saturated carbocycles. The molecule has 0 bridgehead atoms. The molecule has 0 saturated heterocycles. The second-order valence-electron chi connectivity index (χ2n) is 1.07. The molecule has 0 aromatic carbocycles. The van der Waals surface area contributed by atoms with E-state index in [-0.39, 0.29) is 0 Å². The van der Waals surface area contributed by atoms with Crippen LogP contribution >= 0.6 is 8.58 Å². The topological polar surface area (TPSA) is 53.7 Å². The van der Waals surface area contributed by atoms with Crippen molar-refractivity contribution in [3.63, 3.8) is 0 Å². The summed E-state index contributed by atoms with van der Waals surface area (Å²) in [6, 6.07) is 0. The molecule has 5 heteroatoms. The van der Waals surface area contributed by atoms with Crippen molar-refractivity contribution in [2.45, 2.75) is 0 Å². The van der Waals surface area contributed by atoms with Gasteiger partial charge < -0.3 is 0 Å². The van der Waals surface area contributed by atoms with Gasteiger partial charge in [0.05, 0.1) is 5.22 Å². The van der Waals surface area contributed by atoms with E-state index in [4.69, 9.17) is 0 Å². The normalized spacial score (nSPS) is 19.3. The number of hydrogen-bond acceptors (Lipinski definition) is 3. The molecular weight excluding hydrogens is 111 g/mol. The molecule has 0 spiro atoms. The van der Waals surface area contributed by atoms with E-state index in [9.17, 15) is 0 Å². The van der Waals surface area contributed by atoms with Crippen LogP contribution in [0.15, 0.2) is 15.5 Å². The first-order chi connectivity index (χ1) is 3.43. The highest BCUT2D eigenvalue weighted by atomic mass is 31.1. The van der Waals surface area contributed by atoms with E-state index in [1.807, 2.05) is 6.66 Å². The first-order valence-corrected chi connectivity index (χ1v) is 3.42. The fourth-order valence-corrected chi connectivity index (χ4v) is 0.626. The monoisotopic (exact) mass is 117 g/mol. The van der Waals surface area contributed by atoms with Gasteiger partial charge in [0.25, 0.3) is 5.58 Å². The van der Waals surface area contributed by atoms with Crippen molar-refractivity contribution in [3.8, 4) is 0 Å². The second kappa shape index (κ2) is 2.09. The van der Waals surface area contributed by atoms with Crippen LogP contribution in [0.4, 0.5) is 0 Å². The summed E-state index contributed by atoms with van der Waals surface area (Å²) in [4.78, 5) is 0. The van der Waals surface area contributed by atoms with E-state index < -0.39 is 0 Å². The van der Waals surface area contributed by atoms with Crippen LogP contribution in [0.1, 0.15) is 0 Å². The Balaban J connectivity index is 2.45. The van der Waals surface area contributed by atoms with E-state index in [2.05, 4.69) is 15.5 Å². The van der Waals surface area contributed by atoms with Gasteiger partial charge in [-0.25, -0.2) is 0 Å². The lowest BCUT2D eigenvalue weighted by atomic mass is 11.3. The largest absolute Gasteiger partial charge is 0.265 e. The first kappa shape index (κ1) is 4.81. The summed E-state index contributed by atoms with van der Waals surface area (Å²) < 4.78 is 0. The van der Waals surface area contributed by atoms with Crippen LogP contribution in [-0.4, -0.2) is 12.2 Å². The molecule has 2 N–H and O–H groups in total. The molecule has 0 radical (unpaired) electrons. The van der Waals surface area contributed by atoms with E-state index in [1.54, 1.807) is 5.43 Å². The highest BCUT2D eigenvalue weighted by Crippen LogP contribution is 2.01. The molecule has 1 atom stereocenters. The van der Waals surface area contributed by atoms with Gasteiger partial charge >= 0.3 is 0 Å². The maximum Gasteiger partial charge on any atom is 0.265 e. The molecule has 38 valence electrons. The summed E-state index contributed by atoms with van der Waals surface area (Å²) in [6.45, 7) is 2.05. The van der Waals surface area contributed by atoms with Gasteiger partial charge in [-0.2, -0.15) is 0 Å². The van der Waals surface area contributed by atoms with Crippen LogP contribution in [0.2, 0.25) is 0 Å². The molecule has 1 aliphatic rings. The maximum atomic E-state index is 3.69. The smallest absolute Gasteiger partial charge is 0.150 e. The van der Waals surface area contributed by atoms with Crippen LogP contribution in [0, 0.1) is 0 Å². The molecule has 0 aromatic heterocycles. The summed E-state index contributed by atoms with van der Waals surface area (Å²) in [5.41, 5.74) is 2.67. The van der Waals surface area contributed by atoms with Crippen molar-refractivity contribution in [1.29, 1.82) is 0 Å². The van der Waals surface area contributed by atoms with Crippen LogP contribution < -0.4 is 5.43 Å². The fourth-order valence-electron chi connectivity index (χ4n) is 0.295. The summed E-state index contributed by atoms with van der Waals surface area (Å²) >= 11 is 0. The molecule has 1 rings (SSSR count). The van der Waals surface area contributed by atoms with Gasteiger partial charge in [-0.3, -0.25) is 0 Å². The van der Waals surface area contributed by atoms with Gasteiger partial charge in [-0.1, -0.05) is 5.10 Å². The van der Waals surface area contributed by atoms with E-state index >= 15 is 0 Å². The average Bonchev–Trinajstić information content (AvgIpc) is 2.14. The molecule has 4 nitrogen and oxygen atoms in total. The third-order valence-corrected chi connectivity index (χ3v) is 1.38. The lowest BCUT2D eigenvalue weighted by molar-refractivity contribution is -0.542. The lowest BCUT2D eigenvalue weighted by Crippen LogP contribution is -2.78. The van der Waals surface area contributed by atoms with Gasteiger partial charge in [-0.05, 0) is 15.2 Å². The van der Waals surface area contributed by atoms with Gasteiger partial charge in [0.15, 0.2) is 0 Å². The van der Waals surface area contributed by atoms with Crippen molar-refractivity contribution in [2.75, 3.05) is 6.66 Å². The lowest BCUT2D eigenvalue weighted by Gasteiger charge is -1.78. The third kappa shape index (κ3) is 1.01. The number of nitrogens with two attached hydrogens (primary N) is 1. The predicted molar refractivity (Wildman–Crippen MR) is 28.5 cm³/mol. The number of nitrogens with zero attached hydrogens (tertiary/aromatic N) is 3. The van der Waals surface area contributed by atoms with Crippen LogP contribution in [0.3, 0.4) is 0 Å². The molecule has 0 amide bonds. The molecule has 0 aromatic rings. The van der Waals surface area contributed by atoms with Crippen molar-refractivity contribution in [1.82, 2.24) is 0 Å². The Kier molecular flexibility index (Phi) is 1.44. The van der Waals surface area contributed by atoms with Gasteiger partial charge in [-0.15, -0.1) is 5.43 Å². The summed E-state index contributed by atoms with van der Waals surface area (Å²) in [5.74, 6) is 0. The Morgan fingerprint density at radius 2 is 2.57 bits per heavy atom. The van der Waals surface area contributed by atoms with Crippen molar-refractivity contribution < 1.29 is 5.43 Å².